The van der Waals surface area contributed by atoms with E-state index in [1.54, 1.807) is 24.3 Å². The Bertz CT molecular complexity index is 668. The van der Waals surface area contributed by atoms with Crippen LogP contribution in [0, 0.1) is 0 Å². The SMILES string of the molecule is CCCC(C(=O)Nc1ccc(OCC(=O)O)cc1)c1ccccc1. The molecule has 0 fully saturated rings. The van der Waals surface area contributed by atoms with Crippen LogP contribution in [0.3, 0.4) is 0 Å². The van der Waals surface area contributed by atoms with Gasteiger partial charge in [0.2, 0.25) is 5.91 Å². The van der Waals surface area contributed by atoms with E-state index in [0.29, 0.717) is 11.4 Å². The third-order valence-electron chi connectivity index (χ3n) is 3.58. The van der Waals surface area contributed by atoms with Crippen molar-refractivity contribution in [2.75, 3.05) is 11.9 Å². The maximum absolute atomic E-state index is 12.6. The lowest BCUT2D eigenvalue weighted by atomic mass is 9.93. The quantitative estimate of drug-likeness (QED) is 0.775. The molecular formula is C19H21NO4. The van der Waals surface area contributed by atoms with Crippen LogP contribution in [0.1, 0.15) is 31.2 Å². The molecule has 1 amide bonds. The number of carbonyl (C=O) groups excluding carboxylic acids is 1. The van der Waals surface area contributed by atoms with Crippen molar-refractivity contribution in [2.45, 2.75) is 25.7 Å². The number of ether oxygens (including phenoxy) is 1. The van der Waals surface area contributed by atoms with Crippen LogP contribution in [0.5, 0.6) is 5.75 Å². The number of nitrogens with one attached hydrogen (secondary N) is 1. The minimum Gasteiger partial charge on any atom is -0.482 e. The molecule has 2 aromatic rings. The van der Waals surface area contributed by atoms with Crippen LogP contribution in [-0.4, -0.2) is 23.6 Å². The average molecular weight is 327 g/mol. The van der Waals surface area contributed by atoms with E-state index in [0.717, 1.165) is 18.4 Å². The number of aliphatic carboxylic acids is 1. The normalized spacial score (nSPS) is 11.5. The van der Waals surface area contributed by atoms with Crippen LogP contribution in [0.4, 0.5) is 5.69 Å². The number of amides is 1. The van der Waals surface area contributed by atoms with Crippen molar-refractivity contribution in [3.63, 3.8) is 0 Å². The molecule has 5 nitrogen and oxygen atoms in total. The summed E-state index contributed by atoms with van der Waals surface area (Å²) in [6, 6.07) is 16.4. The number of rotatable bonds is 8. The minimum absolute atomic E-state index is 0.0535. The van der Waals surface area contributed by atoms with Crippen LogP contribution in [0.15, 0.2) is 54.6 Å². The van der Waals surface area contributed by atoms with Crippen LogP contribution in [-0.2, 0) is 9.59 Å². The van der Waals surface area contributed by atoms with Crippen molar-refractivity contribution in [1.29, 1.82) is 0 Å². The first-order valence-electron chi connectivity index (χ1n) is 7.90. The van der Waals surface area contributed by atoms with Crippen molar-refractivity contribution in [2.24, 2.45) is 0 Å². The maximum atomic E-state index is 12.6. The second-order valence-corrected chi connectivity index (χ2v) is 5.45. The zero-order valence-corrected chi connectivity index (χ0v) is 13.6. The Morgan fingerprint density at radius 1 is 1.08 bits per heavy atom. The molecule has 0 heterocycles. The molecule has 0 aliphatic carbocycles. The molecule has 0 aliphatic rings. The van der Waals surface area contributed by atoms with Crippen molar-refractivity contribution in [3.05, 3.63) is 60.2 Å². The third kappa shape index (κ3) is 5.12. The highest BCUT2D eigenvalue weighted by molar-refractivity contribution is 5.95. The predicted octanol–water partition coefficient (Wildman–Crippen LogP) is 3.67. The van der Waals surface area contributed by atoms with E-state index in [2.05, 4.69) is 12.2 Å². The highest BCUT2D eigenvalue weighted by Crippen LogP contribution is 2.24. The molecule has 0 saturated heterocycles. The Morgan fingerprint density at radius 3 is 2.33 bits per heavy atom. The van der Waals surface area contributed by atoms with Gasteiger partial charge in [-0.1, -0.05) is 43.7 Å². The summed E-state index contributed by atoms with van der Waals surface area (Å²) in [5.41, 5.74) is 1.65. The first-order chi connectivity index (χ1) is 11.6. The molecule has 0 aromatic heterocycles. The van der Waals surface area contributed by atoms with Gasteiger partial charge >= 0.3 is 5.97 Å². The Balaban J connectivity index is 2.02. The lowest BCUT2D eigenvalue weighted by Crippen LogP contribution is -2.21. The van der Waals surface area contributed by atoms with Crippen LogP contribution in [0.2, 0.25) is 0 Å². The Labute approximate surface area is 141 Å². The molecular weight excluding hydrogens is 306 g/mol. The largest absolute Gasteiger partial charge is 0.482 e. The number of carbonyl (C=O) groups is 2. The molecule has 0 aliphatic heterocycles. The lowest BCUT2D eigenvalue weighted by molar-refractivity contribution is -0.139. The second-order valence-electron chi connectivity index (χ2n) is 5.45. The van der Waals surface area contributed by atoms with Gasteiger partial charge in [0.05, 0.1) is 5.92 Å². The van der Waals surface area contributed by atoms with Gasteiger partial charge < -0.3 is 15.2 Å². The molecule has 0 radical (unpaired) electrons. The monoisotopic (exact) mass is 327 g/mol. The van der Waals surface area contributed by atoms with E-state index >= 15 is 0 Å². The lowest BCUT2D eigenvalue weighted by Gasteiger charge is -2.16. The number of carboxylic acid groups (broad SMARTS) is 1. The molecule has 24 heavy (non-hydrogen) atoms. The number of hydrogen-bond donors (Lipinski definition) is 2. The fourth-order valence-electron chi connectivity index (χ4n) is 2.43. The van der Waals surface area contributed by atoms with Crippen molar-refractivity contribution >= 4 is 17.6 Å². The summed E-state index contributed by atoms with van der Waals surface area (Å²) in [6.07, 6.45) is 1.69. The molecule has 0 bridgehead atoms. The van der Waals surface area contributed by atoms with Gasteiger partial charge in [0.25, 0.3) is 0 Å². The number of anilines is 1. The summed E-state index contributed by atoms with van der Waals surface area (Å²) < 4.78 is 5.07. The zero-order valence-electron chi connectivity index (χ0n) is 13.6. The summed E-state index contributed by atoms with van der Waals surface area (Å²) in [5, 5.41) is 11.5. The Hall–Kier alpha value is -2.82. The minimum atomic E-state index is -1.03. The fraction of sp³-hybridized carbons (Fsp3) is 0.263. The highest BCUT2D eigenvalue weighted by atomic mass is 16.5. The standard InChI is InChI=1S/C19H21NO4/c1-2-6-17(14-7-4-3-5-8-14)19(23)20-15-9-11-16(12-10-15)24-13-18(21)22/h3-5,7-12,17H,2,6,13H2,1H3,(H,20,23)(H,21,22). The molecule has 1 unspecified atom stereocenters. The summed E-state index contributed by atoms with van der Waals surface area (Å²) in [4.78, 5) is 23.1. The van der Waals surface area contributed by atoms with Gasteiger partial charge in [-0.2, -0.15) is 0 Å². The van der Waals surface area contributed by atoms with Gasteiger partial charge in [0.15, 0.2) is 6.61 Å². The van der Waals surface area contributed by atoms with Gasteiger partial charge in [0.1, 0.15) is 5.75 Å². The van der Waals surface area contributed by atoms with E-state index in [4.69, 9.17) is 9.84 Å². The predicted molar refractivity (Wildman–Crippen MR) is 92.3 cm³/mol. The molecule has 2 rings (SSSR count). The van der Waals surface area contributed by atoms with Crippen molar-refractivity contribution < 1.29 is 19.4 Å². The topological polar surface area (TPSA) is 75.6 Å². The van der Waals surface area contributed by atoms with Gasteiger partial charge in [0, 0.05) is 5.69 Å². The van der Waals surface area contributed by atoms with Gasteiger partial charge in [-0.05, 0) is 36.2 Å². The molecule has 0 saturated carbocycles. The molecule has 126 valence electrons. The van der Waals surface area contributed by atoms with Gasteiger partial charge in [-0.3, -0.25) is 4.79 Å². The summed E-state index contributed by atoms with van der Waals surface area (Å²) in [5.74, 6) is -0.831. The van der Waals surface area contributed by atoms with E-state index in [1.807, 2.05) is 30.3 Å². The van der Waals surface area contributed by atoms with Crippen LogP contribution < -0.4 is 10.1 Å². The molecule has 2 N–H and O–H groups in total. The van der Waals surface area contributed by atoms with Crippen molar-refractivity contribution in [1.82, 2.24) is 0 Å². The Kier molecular flexibility index (Phi) is 6.37. The Morgan fingerprint density at radius 2 is 1.75 bits per heavy atom. The molecule has 0 spiro atoms. The first kappa shape index (κ1) is 17.5. The van der Waals surface area contributed by atoms with Crippen molar-refractivity contribution in [3.8, 4) is 5.75 Å². The summed E-state index contributed by atoms with van der Waals surface area (Å²) in [7, 11) is 0. The number of benzene rings is 2. The van der Waals surface area contributed by atoms with Crippen LogP contribution in [0.25, 0.3) is 0 Å². The smallest absolute Gasteiger partial charge is 0.341 e. The highest BCUT2D eigenvalue weighted by Gasteiger charge is 2.19. The van der Waals surface area contributed by atoms with Gasteiger partial charge in [-0.25, -0.2) is 4.79 Å². The van der Waals surface area contributed by atoms with E-state index in [9.17, 15) is 9.59 Å². The number of hydrogen-bond acceptors (Lipinski definition) is 3. The van der Waals surface area contributed by atoms with E-state index in [1.165, 1.54) is 0 Å². The molecule has 2 aromatic carbocycles. The third-order valence-corrected chi connectivity index (χ3v) is 3.58. The maximum Gasteiger partial charge on any atom is 0.341 e. The van der Waals surface area contributed by atoms with E-state index in [-0.39, 0.29) is 11.8 Å². The molecule has 1 atom stereocenters. The van der Waals surface area contributed by atoms with Gasteiger partial charge in [-0.15, -0.1) is 0 Å². The second kappa shape index (κ2) is 8.72. The summed E-state index contributed by atoms with van der Waals surface area (Å²) >= 11 is 0. The fourth-order valence-corrected chi connectivity index (χ4v) is 2.43. The average Bonchev–Trinajstić information content (AvgIpc) is 2.59. The number of carboxylic acids is 1. The van der Waals surface area contributed by atoms with E-state index < -0.39 is 12.6 Å². The summed E-state index contributed by atoms with van der Waals surface area (Å²) in [6.45, 7) is 1.66. The first-order valence-corrected chi connectivity index (χ1v) is 7.90. The zero-order chi connectivity index (χ0) is 17.4. The van der Waals surface area contributed by atoms with Crippen LogP contribution >= 0.6 is 0 Å². The molecule has 5 heteroatoms.